The molecule has 0 aliphatic carbocycles. The first kappa shape index (κ1) is 16.4. The highest BCUT2D eigenvalue weighted by Crippen LogP contribution is 2.08. The van der Waals surface area contributed by atoms with Crippen molar-refractivity contribution in [2.75, 3.05) is 6.61 Å². The molecule has 3 nitrogen and oxygen atoms in total. The number of rotatable bonds is 10. The summed E-state index contributed by atoms with van der Waals surface area (Å²) in [5.41, 5.74) is 2.00. The van der Waals surface area contributed by atoms with E-state index >= 15 is 0 Å². The van der Waals surface area contributed by atoms with Crippen LogP contribution in [0.3, 0.4) is 0 Å². The van der Waals surface area contributed by atoms with E-state index in [1.54, 1.807) is 6.08 Å². The number of hydrogen-bond acceptors (Lipinski definition) is 2. The number of carboxylic acid groups (broad SMARTS) is 1. The van der Waals surface area contributed by atoms with Crippen LogP contribution in [0.15, 0.2) is 30.3 Å². The van der Waals surface area contributed by atoms with E-state index < -0.39 is 5.97 Å². The predicted octanol–water partition coefficient (Wildman–Crippen LogP) is 4.27. The average molecular weight is 276 g/mol. The van der Waals surface area contributed by atoms with Gasteiger partial charge in [0.1, 0.15) is 0 Å². The van der Waals surface area contributed by atoms with Gasteiger partial charge in [0, 0.05) is 12.7 Å². The molecule has 0 aliphatic rings. The van der Waals surface area contributed by atoms with Gasteiger partial charge in [-0.15, -0.1) is 0 Å². The molecule has 0 saturated heterocycles. The predicted molar refractivity (Wildman–Crippen MR) is 81.5 cm³/mol. The Morgan fingerprint density at radius 3 is 2.50 bits per heavy atom. The van der Waals surface area contributed by atoms with Gasteiger partial charge >= 0.3 is 5.97 Å². The Morgan fingerprint density at radius 2 is 1.85 bits per heavy atom. The van der Waals surface area contributed by atoms with Gasteiger partial charge in [-0.3, -0.25) is 0 Å². The average Bonchev–Trinajstić information content (AvgIpc) is 2.45. The van der Waals surface area contributed by atoms with Crippen LogP contribution in [-0.4, -0.2) is 17.7 Å². The van der Waals surface area contributed by atoms with Gasteiger partial charge in [-0.2, -0.15) is 0 Å². The first-order valence-electron chi connectivity index (χ1n) is 7.30. The van der Waals surface area contributed by atoms with Crippen LogP contribution in [0.2, 0.25) is 0 Å². The topological polar surface area (TPSA) is 46.5 Å². The number of unbranched alkanes of at least 4 members (excludes halogenated alkanes) is 4. The van der Waals surface area contributed by atoms with E-state index in [0.29, 0.717) is 6.61 Å². The maximum atomic E-state index is 10.4. The highest BCUT2D eigenvalue weighted by Gasteiger charge is 1.95. The van der Waals surface area contributed by atoms with Crippen LogP contribution in [-0.2, 0) is 16.1 Å². The molecule has 0 radical (unpaired) electrons. The number of carbonyl (C=O) groups is 1. The van der Waals surface area contributed by atoms with Gasteiger partial charge in [0.25, 0.3) is 0 Å². The number of ether oxygens (including phenoxy) is 1. The molecule has 0 atom stereocenters. The van der Waals surface area contributed by atoms with Gasteiger partial charge in [0.2, 0.25) is 0 Å². The Bertz CT molecular complexity index is 407. The lowest BCUT2D eigenvalue weighted by Gasteiger charge is -2.05. The number of carboxylic acids is 1. The minimum absolute atomic E-state index is 0.622. The van der Waals surface area contributed by atoms with E-state index in [1.165, 1.54) is 25.7 Å². The molecule has 110 valence electrons. The fourth-order valence-electron chi connectivity index (χ4n) is 1.89. The maximum absolute atomic E-state index is 10.4. The summed E-state index contributed by atoms with van der Waals surface area (Å²) < 4.78 is 5.63. The van der Waals surface area contributed by atoms with Gasteiger partial charge in [-0.1, -0.05) is 56.9 Å². The molecule has 0 amide bonds. The van der Waals surface area contributed by atoms with Gasteiger partial charge < -0.3 is 9.84 Å². The van der Waals surface area contributed by atoms with E-state index in [9.17, 15) is 4.79 Å². The second-order valence-corrected chi connectivity index (χ2v) is 4.88. The molecule has 0 saturated carbocycles. The SMILES string of the molecule is CCCCCCCOCc1ccc(C=CC(=O)O)cc1. The Morgan fingerprint density at radius 1 is 1.15 bits per heavy atom. The number of hydrogen-bond donors (Lipinski definition) is 1. The molecule has 3 heteroatoms. The summed E-state index contributed by atoms with van der Waals surface area (Å²) >= 11 is 0. The molecule has 20 heavy (non-hydrogen) atoms. The Labute approximate surface area is 121 Å². The Kier molecular flexibility index (Phi) is 8.40. The molecular weight excluding hydrogens is 252 g/mol. The summed E-state index contributed by atoms with van der Waals surface area (Å²) in [6.45, 7) is 3.65. The quantitative estimate of drug-likeness (QED) is 0.512. The van der Waals surface area contributed by atoms with E-state index in [-0.39, 0.29) is 0 Å². The highest BCUT2D eigenvalue weighted by atomic mass is 16.5. The molecule has 0 heterocycles. The van der Waals surface area contributed by atoms with Crippen molar-refractivity contribution in [2.45, 2.75) is 45.6 Å². The molecule has 0 bridgehead atoms. The first-order valence-corrected chi connectivity index (χ1v) is 7.30. The van der Waals surface area contributed by atoms with Crippen LogP contribution >= 0.6 is 0 Å². The van der Waals surface area contributed by atoms with Crippen molar-refractivity contribution in [3.8, 4) is 0 Å². The van der Waals surface area contributed by atoms with Crippen molar-refractivity contribution in [3.05, 3.63) is 41.5 Å². The van der Waals surface area contributed by atoms with Gasteiger partial charge in [-0.25, -0.2) is 4.79 Å². The van der Waals surface area contributed by atoms with Crippen LogP contribution in [0, 0.1) is 0 Å². The highest BCUT2D eigenvalue weighted by molar-refractivity contribution is 5.85. The van der Waals surface area contributed by atoms with Crippen LogP contribution in [0.5, 0.6) is 0 Å². The van der Waals surface area contributed by atoms with E-state index in [0.717, 1.165) is 30.2 Å². The summed E-state index contributed by atoms with van der Waals surface area (Å²) in [5, 5.41) is 8.54. The molecule has 0 unspecified atom stereocenters. The third kappa shape index (κ3) is 7.74. The standard InChI is InChI=1S/C17H24O3/c1-2-3-4-5-6-13-20-14-16-9-7-15(8-10-16)11-12-17(18)19/h7-12H,2-6,13-14H2,1H3,(H,18,19). The molecule has 1 aromatic rings. The zero-order valence-corrected chi connectivity index (χ0v) is 12.2. The van der Waals surface area contributed by atoms with Crippen molar-refractivity contribution in [3.63, 3.8) is 0 Å². The van der Waals surface area contributed by atoms with Crippen LogP contribution in [0.4, 0.5) is 0 Å². The first-order chi connectivity index (χ1) is 9.72. The van der Waals surface area contributed by atoms with E-state index in [2.05, 4.69) is 6.92 Å². The fraction of sp³-hybridized carbons (Fsp3) is 0.471. The fourth-order valence-corrected chi connectivity index (χ4v) is 1.89. The second kappa shape index (κ2) is 10.2. The van der Waals surface area contributed by atoms with Gasteiger partial charge in [-0.05, 0) is 23.6 Å². The summed E-state index contributed by atoms with van der Waals surface area (Å²) in [7, 11) is 0. The maximum Gasteiger partial charge on any atom is 0.328 e. The summed E-state index contributed by atoms with van der Waals surface area (Å²) in [5.74, 6) is -0.930. The molecule has 0 fully saturated rings. The Hall–Kier alpha value is -1.61. The summed E-state index contributed by atoms with van der Waals surface area (Å²) in [4.78, 5) is 10.4. The van der Waals surface area contributed by atoms with Crippen molar-refractivity contribution >= 4 is 12.0 Å². The van der Waals surface area contributed by atoms with E-state index in [1.807, 2.05) is 24.3 Å². The van der Waals surface area contributed by atoms with Crippen LogP contribution in [0.25, 0.3) is 6.08 Å². The molecule has 0 aliphatic heterocycles. The summed E-state index contributed by atoms with van der Waals surface area (Å²) in [6.07, 6.45) is 8.97. The summed E-state index contributed by atoms with van der Waals surface area (Å²) in [6, 6.07) is 7.75. The molecular formula is C17H24O3. The normalized spacial score (nSPS) is 11.1. The minimum atomic E-state index is -0.930. The number of aliphatic carboxylic acids is 1. The van der Waals surface area contributed by atoms with Crippen molar-refractivity contribution in [2.24, 2.45) is 0 Å². The smallest absolute Gasteiger partial charge is 0.328 e. The van der Waals surface area contributed by atoms with E-state index in [4.69, 9.17) is 9.84 Å². The van der Waals surface area contributed by atoms with Crippen molar-refractivity contribution < 1.29 is 14.6 Å². The number of benzene rings is 1. The minimum Gasteiger partial charge on any atom is -0.478 e. The lowest BCUT2D eigenvalue weighted by atomic mass is 10.1. The lowest BCUT2D eigenvalue weighted by Crippen LogP contribution is -1.95. The van der Waals surface area contributed by atoms with Crippen molar-refractivity contribution in [1.82, 2.24) is 0 Å². The molecule has 0 aromatic heterocycles. The third-order valence-corrected chi connectivity index (χ3v) is 3.06. The molecule has 1 aromatic carbocycles. The zero-order valence-electron chi connectivity index (χ0n) is 12.2. The third-order valence-electron chi connectivity index (χ3n) is 3.06. The van der Waals surface area contributed by atoms with Crippen LogP contribution in [0.1, 0.15) is 50.2 Å². The zero-order chi connectivity index (χ0) is 14.6. The van der Waals surface area contributed by atoms with Crippen LogP contribution < -0.4 is 0 Å². The largest absolute Gasteiger partial charge is 0.478 e. The van der Waals surface area contributed by atoms with Crippen molar-refractivity contribution in [1.29, 1.82) is 0 Å². The van der Waals surface area contributed by atoms with Gasteiger partial charge in [0.05, 0.1) is 6.61 Å². The Balaban J connectivity index is 2.20. The molecule has 0 spiro atoms. The lowest BCUT2D eigenvalue weighted by molar-refractivity contribution is -0.131. The van der Waals surface area contributed by atoms with Gasteiger partial charge in [0.15, 0.2) is 0 Å². The molecule has 1 rings (SSSR count). The monoisotopic (exact) mass is 276 g/mol. The molecule has 1 N–H and O–H groups in total. The second-order valence-electron chi connectivity index (χ2n) is 4.88.